The van der Waals surface area contributed by atoms with Crippen molar-refractivity contribution in [3.8, 4) is 0 Å². The Labute approximate surface area is 163 Å². The third-order valence-corrected chi connectivity index (χ3v) is 5.61. The molecule has 0 radical (unpaired) electrons. The van der Waals surface area contributed by atoms with E-state index in [-0.39, 0.29) is 6.07 Å². The van der Waals surface area contributed by atoms with Crippen molar-refractivity contribution in [3.63, 3.8) is 0 Å². The van der Waals surface area contributed by atoms with Crippen LogP contribution in [0.4, 0.5) is 32.0 Å². The first-order chi connectivity index (χ1) is 12.1. The average molecular weight is 473 g/mol. The summed E-state index contributed by atoms with van der Waals surface area (Å²) in [5.74, 6) is 0. The van der Waals surface area contributed by atoms with E-state index in [1.807, 2.05) is 0 Å². The Morgan fingerprint density at radius 1 is 0.778 bits per heavy atom. The molecule has 2 aromatic carbocycles. The molecule has 13 heteroatoms. The number of halogens is 9. The molecule has 0 fully saturated rings. The largest absolute Gasteiger partial charge is 0.417 e. The number of anilines is 1. The van der Waals surface area contributed by atoms with Gasteiger partial charge in [0.25, 0.3) is 10.0 Å². The molecule has 0 saturated heterocycles. The summed E-state index contributed by atoms with van der Waals surface area (Å²) in [6.07, 6.45) is -9.68. The zero-order valence-electron chi connectivity index (χ0n) is 12.5. The molecule has 0 aliphatic rings. The predicted octanol–water partition coefficient (Wildman–Crippen LogP) is 6.49. The molecule has 0 amide bonds. The molecule has 0 heterocycles. The van der Waals surface area contributed by atoms with Gasteiger partial charge < -0.3 is 0 Å². The molecule has 0 unspecified atom stereocenters. The van der Waals surface area contributed by atoms with Crippen LogP contribution in [0, 0.1) is 0 Å². The molecule has 3 nitrogen and oxygen atoms in total. The van der Waals surface area contributed by atoms with E-state index in [2.05, 4.69) is 0 Å². The van der Waals surface area contributed by atoms with E-state index in [0.717, 1.165) is 6.07 Å². The van der Waals surface area contributed by atoms with Crippen molar-refractivity contribution in [3.05, 3.63) is 56.5 Å². The van der Waals surface area contributed by atoms with Crippen LogP contribution in [0.1, 0.15) is 11.1 Å². The van der Waals surface area contributed by atoms with Gasteiger partial charge in [-0.2, -0.15) is 26.3 Å². The van der Waals surface area contributed by atoms with Crippen LogP contribution in [0.15, 0.2) is 35.2 Å². The summed E-state index contributed by atoms with van der Waals surface area (Å²) < 4.78 is 103. The highest BCUT2D eigenvalue weighted by Gasteiger charge is 2.36. The molecule has 0 aliphatic carbocycles. The van der Waals surface area contributed by atoms with Gasteiger partial charge in [-0.3, -0.25) is 4.72 Å². The lowest BCUT2D eigenvalue weighted by Gasteiger charge is -2.15. The van der Waals surface area contributed by atoms with E-state index >= 15 is 0 Å². The smallest absolute Gasteiger partial charge is 0.278 e. The third-order valence-electron chi connectivity index (χ3n) is 3.16. The zero-order valence-corrected chi connectivity index (χ0v) is 15.6. The van der Waals surface area contributed by atoms with E-state index in [0.29, 0.717) is 18.2 Å². The highest BCUT2D eigenvalue weighted by Crippen LogP contribution is 2.40. The number of rotatable bonds is 3. The van der Waals surface area contributed by atoms with Crippen LogP contribution >= 0.6 is 34.8 Å². The molecule has 148 valence electrons. The quantitative estimate of drug-likeness (QED) is 0.519. The monoisotopic (exact) mass is 471 g/mol. The van der Waals surface area contributed by atoms with Crippen molar-refractivity contribution >= 4 is 50.5 Å². The van der Waals surface area contributed by atoms with Crippen molar-refractivity contribution in [1.29, 1.82) is 0 Å². The summed E-state index contributed by atoms with van der Waals surface area (Å²) in [7, 11) is -4.72. The van der Waals surface area contributed by atoms with Crippen LogP contribution in [0.3, 0.4) is 0 Å². The van der Waals surface area contributed by atoms with Gasteiger partial charge in [-0.15, -0.1) is 0 Å². The molecule has 1 N–H and O–H groups in total. The topological polar surface area (TPSA) is 46.2 Å². The number of benzene rings is 2. The number of alkyl halides is 6. The molecule has 2 aromatic rings. The first-order valence-electron chi connectivity index (χ1n) is 6.59. The molecule has 0 bridgehead atoms. The van der Waals surface area contributed by atoms with Gasteiger partial charge in [0.1, 0.15) is 4.90 Å². The molecule has 0 saturated carbocycles. The van der Waals surface area contributed by atoms with Gasteiger partial charge in [0.05, 0.1) is 31.9 Å². The number of sulfonamides is 1. The van der Waals surface area contributed by atoms with Crippen molar-refractivity contribution in [2.75, 3.05) is 4.72 Å². The Kier molecular flexibility index (Phi) is 5.87. The second-order valence-corrected chi connectivity index (χ2v) is 7.93. The van der Waals surface area contributed by atoms with Crippen molar-refractivity contribution in [2.45, 2.75) is 17.2 Å². The van der Waals surface area contributed by atoms with Crippen LogP contribution < -0.4 is 4.72 Å². The Morgan fingerprint density at radius 2 is 1.37 bits per heavy atom. The summed E-state index contributed by atoms with van der Waals surface area (Å²) in [5.41, 5.74) is -3.07. The lowest BCUT2D eigenvalue weighted by atomic mass is 10.2. The molecule has 0 spiro atoms. The fourth-order valence-electron chi connectivity index (χ4n) is 1.93. The Morgan fingerprint density at radius 3 is 1.85 bits per heavy atom. The van der Waals surface area contributed by atoms with Gasteiger partial charge in [-0.25, -0.2) is 8.42 Å². The minimum atomic E-state index is -4.96. The van der Waals surface area contributed by atoms with E-state index in [1.165, 1.54) is 0 Å². The summed E-state index contributed by atoms with van der Waals surface area (Å²) in [6.45, 7) is 0. The van der Waals surface area contributed by atoms with Crippen LogP contribution in [-0.2, 0) is 22.4 Å². The molecule has 2 rings (SSSR count). The molecule has 0 aromatic heterocycles. The maximum absolute atomic E-state index is 12.9. The lowest BCUT2D eigenvalue weighted by molar-refractivity contribution is -0.138. The molecular weight excluding hydrogens is 467 g/mol. The molecule has 27 heavy (non-hydrogen) atoms. The Hall–Kier alpha value is -1.36. The number of nitrogens with one attached hydrogen (secondary N) is 1. The van der Waals surface area contributed by atoms with Crippen LogP contribution in [0.25, 0.3) is 0 Å². The van der Waals surface area contributed by atoms with Crippen molar-refractivity contribution in [1.82, 2.24) is 0 Å². The SMILES string of the molecule is O=S(=O)(Nc1ccc(C(F)(F)F)cc1Cl)c1cc(C(F)(F)F)c(Cl)cc1Cl. The third kappa shape index (κ3) is 4.92. The van der Waals surface area contributed by atoms with E-state index in [1.54, 1.807) is 4.72 Å². The van der Waals surface area contributed by atoms with E-state index < -0.39 is 59.2 Å². The van der Waals surface area contributed by atoms with Gasteiger partial charge >= 0.3 is 12.4 Å². The van der Waals surface area contributed by atoms with Gasteiger partial charge in [0, 0.05) is 0 Å². The van der Waals surface area contributed by atoms with Crippen LogP contribution in [-0.4, -0.2) is 8.42 Å². The van der Waals surface area contributed by atoms with Crippen molar-refractivity contribution in [2.24, 2.45) is 0 Å². The normalized spacial score (nSPS) is 12.9. The second kappa shape index (κ2) is 7.23. The number of hydrogen-bond acceptors (Lipinski definition) is 2. The first kappa shape index (κ1) is 21.9. The highest BCUT2D eigenvalue weighted by molar-refractivity contribution is 7.92. The summed E-state index contributed by atoms with van der Waals surface area (Å²) in [5, 5.41) is -2.06. The van der Waals surface area contributed by atoms with E-state index in [4.69, 9.17) is 34.8 Å². The van der Waals surface area contributed by atoms with E-state index in [9.17, 15) is 34.8 Å². The fraction of sp³-hybridized carbons (Fsp3) is 0.143. The zero-order chi connectivity index (χ0) is 20.8. The van der Waals surface area contributed by atoms with Crippen molar-refractivity contribution < 1.29 is 34.8 Å². The van der Waals surface area contributed by atoms with Gasteiger partial charge in [0.15, 0.2) is 0 Å². The highest BCUT2D eigenvalue weighted by atomic mass is 35.5. The van der Waals surface area contributed by atoms with Crippen LogP contribution in [0.2, 0.25) is 15.1 Å². The summed E-state index contributed by atoms with van der Waals surface area (Å²) in [6, 6.07) is 2.54. The molecular formula is C14H6Cl3F6NO2S. The molecule has 0 atom stereocenters. The first-order valence-corrected chi connectivity index (χ1v) is 9.20. The van der Waals surface area contributed by atoms with Crippen LogP contribution in [0.5, 0.6) is 0 Å². The summed E-state index contributed by atoms with van der Waals surface area (Å²) in [4.78, 5) is -0.975. The molecule has 0 aliphatic heterocycles. The standard InChI is InChI=1S/C14H6Cl3F6NO2S/c15-8-5-10(17)12(4-7(8)14(21,22)23)27(25,26)24-11-2-1-6(3-9(11)16)13(18,19)20/h1-5,24H. The Balaban J connectivity index is 2.49. The number of hydrogen-bond donors (Lipinski definition) is 1. The fourth-order valence-corrected chi connectivity index (χ4v) is 4.17. The Bertz CT molecular complexity index is 990. The lowest BCUT2D eigenvalue weighted by Crippen LogP contribution is -2.16. The minimum Gasteiger partial charge on any atom is -0.278 e. The second-order valence-electron chi connectivity index (χ2n) is 5.06. The predicted molar refractivity (Wildman–Crippen MR) is 88.7 cm³/mol. The van der Waals surface area contributed by atoms with Gasteiger partial charge in [-0.1, -0.05) is 34.8 Å². The van der Waals surface area contributed by atoms with Gasteiger partial charge in [0.2, 0.25) is 0 Å². The maximum atomic E-state index is 12.9. The minimum absolute atomic E-state index is 0.213. The summed E-state index contributed by atoms with van der Waals surface area (Å²) >= 11 is 16.7. The maximum Gasteiger partial charge on any atom is 0.417 e. The average Bonchev–Trinajstić information content (AvgIpc) is 2.46. The van der Waals surface area contributed by atoms with Gasteiger partial charge in [-0.05, 0) is 30.3 Å².